The fourth-order valence-corrected chi connectivity index (χ4v) is 3.90. The molecule has 2 aromatic heterocycles. The molecule has 0 saturated heterocycles. The Labute approximate surface area is 171 Å². The molecular formula is C23H17N3O2S. The number of aromatic nitrogens is 1. The van der Waals surface area contributed by atoms with Crippen LogP contribution >= 0.6 is 11.3 Å². The molecule has 1 N–H and O–H groups in total. The smallest absolute Gasteiger partial charge is 0.345 e. The molecule has 0 aliphatic heterocycles. The lowest BCUT2D eigenvalue weighted by atomic mass is 10.1. The second-order valence-corrected chi connectivity index (χ2v) is 7.57. The van der Waals surface area contributed by atoms with E-state index in [0.29, 0.717) is 27.4 Å². The SMILES string of the molecule is Cc1cc(C)cc(NC=C(C#N)c2nc(-c3cc4ccccc4oc3=O)cs2)c1. The molecule has 0 atom stereocenters. The van der Waals surface area contributed by atoms with Crippen LogP contribution in [0.3, 0.4) is 0 Å². The molecule has 0 unspecified atom stereocenters. The summed E-state index contributed by atoms with van der Waals surface area (Å²) < 4.78 is 5.39. The summed E-state index contributed by atoms with van der Waals surface area (Å²) in [6, 6.07) is 17.4. The van der Waals surface area contributed by atoms with E-state index in [9.17, 15) is 10.1 Å². The highest BCUT2D eigenvalue weighted by atomic mass is 32.1. The van der Waals surface area contributed by atoms with Gasteiger partial charge in [0.15, 0.2) is 0 Å². The first kappa shape index (κ1) is 18.7. The minimum atomic E-state index is -0.448. The van der Waals surface area contributed by atoms with Gasteiger partial charge >= 0.3 is 5.63 Å². The first-order valence-electron chi connectivity index (χ1n) is 8.98. The zero-order valence-corrected chi connectivity index (χ0v) is 16.7. The van der Waals surface area contributed by atoms with E-state index in [2.05, 4.69) is 22.4 Å². The van der Waals surface area contributed by atoms with Crippen molar-refractivity contribution in [2.24, 2.45) is 0 Å². The van der Waals surface area contributed by atoms with E-state index >= 15 is 0 Å². The van der Waals surface area contributed by atoms with Crippen molar-refractivity contribution in [2.45, 2.75) is 13.8 Å². The average molecular weight is 399 g/mol. The topological polar surface area (TPSA) is 78.9 Å². The molecule has 0 fully saturated rings. The molecule has 0 bridgehead atoms. The summed E-state index contributed by atoms with van der Waals surface area (Å²) >= 11 is 1.31. The number of nitrogens with one attached hydrogen (secondary N) is 1. The van der Waals surface area contributed by atoms with Crippen molar-refractivity contribution in [3.05, 3.63) is 86.7 Å². The Morgan fingerprint density at radius 2 is 1.93 bits per heavy atom. The number of anilines is 1. The van der Waals surface area contributed by atoms with Gasteiger partial charge in [-0.25, -0.2) is 9.78 Å². The summed E-state index contributed by atoms with van der Waals surface area (Å²) in [7, 11) is 0. The number of para-hydroxylation sites is 1. The van der Waals surface area contributed by atoms with Crippen LogP contribution in [0, 0.1) is 25.2 Å². The molecule has 0 radical (unpaired) electrons. The van der Waals surface area contributed by atoms with Gasteiger partial charge < -0.3 is 9.73 Å². The van der Waals surface area contributed by atoms with Gasteiger partial charge in [-0.05, 0) is 49.2 Å². The summed E-state index contributed by atoms with van der Waals surface area (Å²) in [6.07, 6.45) is 1.64. The number of fused-ring (bicyclic) bond motifs is 1. The van der Waals surface area contributed by atoms with Crippen molar-refractivity contribution in [2.75, 3.05) is 5.32 Å². The van der Waals surface area contributed by atoms with E-state index in [1.54, 1.807) is 23.7 Å². The van der Waals surface area contributed by atoms with Crippen molar-refractivity contribution in [3.8, 4) is 17.3 Å². The molecule has 0 amide bonds. The van der Waals surface area contributed by atoms with Gasteiger partial charge in [-0.3, -0.25) is 0 Å². The molecular weight excluding hydrogens is 382 g/mol. The summed E-state index contributed by atoms with van der Waals surface area (Å²) in [4.78, 5) is 16.9. The van der Waals surface area contributed by atoms with Crippen molar-refractivity contribution in [1.82, 2.24) is 4.98 Å². The average Bonchev–Trinajstić information content (AvgIpc) is 3.17. The fourth-order valence-electron chi connectivity index (χ4n) is 3.12. The molecule has 5 nitrogen and oxygen atoms in total. The molecule has 4 aromatic rings. The molecule has 0 aliphatic rings. The summed E-state index contributed by atoms with van der Waals surface area (Å²) in [5.41, 5.74) is 4.54. The highest BCUT2D eigenvalue weighted by Crippen LogP contribution is 2.26. The molecule has 0 spiro atoms. The zero-order chi connectivity index (χ0) is 20.4. The predicted octanol–water partition coefficient (Wildman–Crippen LogP) is 5.51. The van der Waals surface area contributed by atoms with Gasteiger partial charge in [0.25, 0.3) is 0 Å². The van der Waals surface area contributed by atoms with Crippen molar-refractivity contribution < 1.29 is 4.42 Å². The highest BCUT2D eigenvalue weighted by Gasteiger charge is 2.13. The molecule has 2 aromatic carbocycles. The predicted molar refractivity (Wildman–Crippen MR) is 117 cm³/mol. The number of nitrogens with zero attached hydrogens (tertiary/aromatic N) is 2. The van der Waals surface area contributed by atoms with Gasteiger partial charge in [0, 0.05) is 22.7 Å². The third kappa shape index (κ3) is 3.96. The molecule has 0 saturated carbocycles. The number of thiazole rings is 1. The molecule has 2 heterocycles. The normalized spacial score (nSPS) is 11.4. The van der Waals surface area contributed by atoms with Crippen LogP contribution in [0.5, 0.6) is 0 Å². The number of benzene rings is 2. The Bertz CT molecular complexity index is 1320. The van der Waals surface area contributed by atoms with Gasteiger partial charge in [-0.1, -0.05) is 24.3 Å². The van der Waals surface area contributed by atoms with Gasteiger partial charge in [-0.15, -0.1) is 11.3 Å². The molecule has 29 heavy (non-hydrogen) atoms. The van der Waals surface area contributed by atoms with Crippen LogP contribution in [0.2, 0.25) is 0 Å². The second kappa shape index (κ2) is 7.74. The maximum absolute atomic E-state index is 12.4. The Morgan fingerprint density at radius 3 is 2.69 bits per heavy atom. The van der Waals surface area contributed by atoms with Crippen LogP contribution in [0.15, 0.2) is 69.3 Å². The maximum Gasteiger partial charge on any atom is 0.345 e. The van der Waals surface area contributed by atoms with E-state index in [1.165, 1.54) is 11.3 Å². The van der Waals surface area contributed by atoms with Crippen LogP contribution in [-0.2, 0) is 0 Å². The molecule has 142 valence electrons. The monoisotopic (exact) mass is 399 g/mol. The number of rotatable bonds is 4. The Balaban J connectivity index is 1.66. The summed E-state index contributed by atoms with van der Waals surface area (Å²) in [6.45, 7) is 4.05. The van der Waals surface area contributed by atoms with Crippen LogP contribution in [-0.4, -0.2) is 4.98 Å². The largest absolute Gasteiger partial charge is 0.422 e. The number of nitriles is 1. The van der Waals surface area contributed by atoms with Crippen molar-refractivity contribution in [1.29, 1.82) is 5.26 Å². The number of hydrogen-bond donors (Lipinski definition) is 1. The van der Waals surface area contributed by atoms with Gasteiger partial charge in [0.2, 0.25) is 0 Å². The summed E-state index contributed by atoms with van der Waals surface area (Å²) in [5.74, 6) is 0. The minimum absolute atomic E-state index is 0.380. The maximum atomic E-state index is 12.4. The Hall–Kier alpha value is -3.69. The lowest BCUT2D eigenvalue weighted by Gasteiger charge is -2.05. The van der Waals surface area contributed by atoms with Crippen LogP contribution in [0.25, 0.3) is 27.8 Å². The third-order valence-corrected chi connectivity index (χ3v) is 5.25. The van der Waals surface area contributed by atoms with Crippen LogP contribution in [0.4, 0.5) is 5.69 Å². The minimum Gasteiger partial charge on any atom is -0.422 e. The van der Waals surface area contributed by atoms with Crippen molar-refractivity contribution >= 4 is 33.6 Å². The van der Waals surface area contributed by atoms with E-state index in [-0.39, 0.29) is 0 Å². The van der Waals surface area contributed by atoms with E-state index in [4.69, 9.17) is 4.42 Å². The third-order valence-electron chi connectivity index (χ3n) is 4.38. The fraction of sp³-hybridized carbons (Fsp3) is 0.0870. The first-order valence-corrected chi connectivity index (χ1v) is 9.86. The lowest BCUT2D eigenvalue weighted by molar-refractivity contribution is 0.563. The van der Waals surface area contributed by atoms with Crippen LogP contribution < -0.4 is 10.9 Å². The Morgan fingerprint density at radius 1 is 1.17 bits per heavy atom. The highest BCUT2D eigenvalue weighted by molar-refractivity contribution is 7.11. The van der Waals surface area contributed by atoms with E-state index in [0.717, 1.165) is 22.2 Å². The second-order valence-electron chi connectivity index (χ2n) is 6.71. The molecule has 0 aliphatic carbocycles. The Kier molecular flexibility index (Phi) is 4.98. The van der Waals surface area contributed by atoms with Gasteiger partial charge in [-0.2, -0.15) is 5.26 Å². The van der Waals surface area contributed by atoms with Crippen LogP contribution in [0.1, 0.15) is 16.1 Å². The number of allylic oxidation sites excluding steroid dienone is 1. The van der Waals surface area contributed by atoms with Crippen molar-refractivity contribution in [3.63, 3.8) is 0 Å². The first-order chi connectivity index (χ1) is 14.0. The standard InChI is InChI=1S/C23H17N3O2S/c1-14-7-15(2)9-18(8-14)25-12-17(11-24)22-26-20(13-29-22)19-10-16-5-3-4-6-21(16)28-23(19)27/h3-10,12-13,25H,1-2H3. The van der Waals surface area contributed by atoms with E-state index < -0.39 is 5.63 Å². The van der Waals surface area contributed by atoms with Gasteiger partial charge in [0.05, 0.1) is 11.3 Å². The lowest BCUT2D eigenvalue weighted by Crippen LogP contribution is -2.02. The molecule has 4 rings (SSSR count). The number of hydrogen-bond acceptors (Lipinski definition) is 6. The van der Waals surface area contributed by atoms with Gasteiger partial charge in [0.1, 0.15) is 22.2 Å². The zero-order valence-electron chi connectivity index (χ0n) is 15.9. The van der Waals surface area contributed by atoms with E-state index in [1.807, 2.05) is 44.2 Å². The molecule has 6 heteroatoms. The number of aryl methyl sites for hydroxylation is 2. The summed E-state index contributed by atoms with van der Waals surface area (Å²) in [5, 5.41) is 15.9. The quantitative estimate of drug-likeness (QED) is 0.362.